The average Bonchev–Trinajstić information content (AvgIpc) is 3.36. The molecular weight excluding hydrogens is 370 g/mol. The first-order valence-corrected chi connectivity index (χ1v) is 9.43. The van der Waals surface area contributed by atoms with Crippen LogP contribution in [0.3, 0.4) is 0 Å². The van der Waals surface area contributed by atoms with Gasteiger partial charge in [-0.1, -0.05) is 18.2 Å². The summed E-state index contributed by atoms with van der Waals surface area (Å²) < 4.78 is 9.80. The Kier molecular flexibility index (Phi) is 4.75. The van der Waals surface area contributed by atoms with E-state index in [9.17, 15) is 9.59 Å². The van der Waals surface area contributed by atoms with Crippen LogP contribution < -0.4 is 11.2 Å². The van der Waals surface area contributed by atoms with Gasteiger partial charge in [0, 0.05) is 25.7 Å². The molecule has 0 unspecified atom stereocenters. The molecule has 8 nitrogen and oxygen atoms in total. The van der Waals surface area contributed by atoms with E-state index >= 15 is 0 Å². The fourth-order valence-electron chi connectivity index (χ4n) is 3.37. The number of rotatable bonds is 5. The smallest absolute Gasteiger partial charge is 0.332 e. The summed E-state index contributed by atoms with van der Waals surface area (Å²) >= 11 is 0. The molecule has 0 aliphatic carbocycles. The molecule has 148 valence electrons. The largest absolute Gasteiger partial charge is 0.445 e. The fraction of sp³-hybridized carbons (Fsp3) is 0.238. The van der Waals surface area contributed by atoms with Crippen molar-refractivity contribution in [2.75, 3.05) is 0 Å². The van der Waals surface area contributed by atoms with E-state index in [-0.39, 0.29) is 11.2 Å². The van der Waals surface area contributed by atoms with Gasteiger partial charge in [-0.2, -0.15) is 0 Å². The van der Waals surface area contributed by atoms with Crippen LogP contribution in [0.2, 0.25) is 0 Å². The van der Waals surface area contributed by atoms with Gasteiger partial charge in [0.25, 0.3) is 5.56 Å². The molecule has 0 amide bonds. The first-order valence-electron chi connectivity index (χ1n) is 9.43. The Morgan fingerprint density at radius 2 is 1.76 bits per heavy atom. The maximum absolute atomic E-state index is 12.8. The third-order valence-electron chi connectivity index (χ3n) is 4.92. The van der Waals surface area contributed by atoms with E-state index in [1.54, 1.807) is 24.7 Å². The first kappa shape index (κ1) is 18.7. The second-order valence-corrected chi connectivity index (χ2v) is 6.57. The van der Waals surface area contributed by atoms with Crippen molar-refractivity contribution in [3.63, 3.8) is 0 Å². The predicted octanol–water partition coefficient (Wildman–Crippen LogP) is 2.76. The highest BCUT2D eigenvalue weighted by molar-refractivity contribution is 5.77. The molecule has 0 N–H and O–H groups in total. The van der Waals surface area contributed by atoms with Crippen LogP contribution in [-0.4, -0.2) is 23.7 Å². The van der Waals surface area contributed by atoms with Crippen molar-refractivity contribution < 1.29 is 4.42 Å². The molecule has 4 rings (SSSR count). The highest BCUT2D eigenvalue weighted by Gasteiger charge is 2.17. The number of nitrogens with zero attached hydrogens (tertiary/aromatic N) is 5. The highest BCUT2D eigenvalue weighted by atomic mass is 16.3. The predicted molar refractivity (Wildman–Crippen MR) is 111 cm³/mol. The molecule has 0 saturated heterocycles. The average molecular weight is 391 g/mol. The number of hydrogen-bond donors (Lipinski definition) is 0. The topological polar surface area (TPSA) is 87.8 Å². The van der Waals surface area contributed by atoms with Gasteiger partial charge in [-0.05, 0) is 37.6 Å². The van der Waals surface area contributed by atoms with E-state index in [1.807, 2.05) is 43.3 Å². The molecule has 0 radical (unpaired) electrons. The lowest BCUT2D eigenvalue weighted by Crippen LogP contribution is -2.39. The molecule has 3 heterocycles. The maximum Gasteiger partial charge on any atom is 0.332 e. The van der Waals surface area contributed by atoms with E-state index in [0.717, 1.165) is 11.1 Å². The molecule has 0 fully saturated rings. The van der Waals surface area contributed by atoms with Crippen LogP contribution >= 0.6 is 0 Å². The van der Waals surface area contributed by atoms with Crippen LogP contribution in [0, 0.1) is 0 Å². The molecule has 4 aromatic rings. The Hall–Kier alpha value is -3.68. The zero-order valence-corrected chi connectivity index (χ0v) is 16.5. The normalized spacial score (nSPS) is 11.7. The van der Waals surface area contributed by atoms with Gasteiger partial charge < -0.3 is 8.98 Å². The zero-order valence-electron chi connectivity index (χ0n) is 16.5. The summed E-state index contributed by atoms with van der Waals surface area (Å²) in [5, 5.41) is 0. The van der Waals surface area contributed by atoms with E-state index in [0.29, 0.717) is 36.0 Å². The number of aryl methyl sites for hydroxylation is 2. The van der Waals surface area contributed by atoms with Crippen LogP contribution in [0.25, 0.3) is 34.8 Å². The van der Waals surface area contributed by atoms with E-state index < -0.39 is 0 Å². The van der Waals surface area contributed by atoms with E-state index in [2.05, 4.69) is 9.97 Å². The molecule has 0 aliphatic rings. The third kappa shape index (κ3) is 3.12. The Bertz CT molecular complexity index is 1310. The lowest BCUT2D eigenvalue weighted by atomic mass is 10.1. The summed E-state index contributed by atoms with van der Waals surface area (Å²) in [6.45, 7) is 4.41. The van der Waals surface area contributed by atoms with E-state index in [1.165, 1.54) is 15.4 Å². The molecule has 0 saturated carbocycles. The minimum absolute atomic E-state index is 0.317. The SMILES string of the molecule is CCn1c(=O)c2c(nc(/C=C/c3ccc(-c4ncco4)cc3)n2C)n(CC)c1=O. The van der Waals surface area contributed by atoms with Crippen LogP contribution in [0.4, 0.5) is 0 Å². The van der Waals surface area contributed by atoms with Crippen LogP contribution in [-0.2, 0) is 20.1 Å². The third-order valence-corrected chi connectivity index (χ3v) is 4.92. The Labute approximate surface area is 166 Å². The van der Waals surface area contributed by atoms with Crippen LogP contribution in [0.5, 0.6) is 0 Å². The van der Waals surface area contributed by atoms with Gasteiger partial charge in [-0.3, -0.25) is 13.9 Å². The fourth-order valence-corrected chi connectivity index (χ4v) is 3.37. The van der Waals surface area contributed by atoms with Gasteiger partial charge in [-0.25, -0.2) is 14.8 Å². The quantitative estimate of drug-likeness (QED) is 0.522. The summed E-state index contributed by atoms with van der Waals surface area (Å²) in [4.78, 5) is 34.0. The standard InChI is InChI=1S/C21H21N5O3/c1-4-25-18-17(20(27)26(5-2)21(25)28)24(3)16(23-18)11-8-14-6-9-15(10-7-14)19-22-12-13-29-19/h6-13H,4-5H2,1-3H3/b11-8+. The van der Waals surface area contributed by atoms with Gasteiger partial charge in [0.1, 0.15) is 12.1 Å². The number of hydrogen-bond acceptors (Lipinski definition) is 5. The van der Waals surface area contributed by atoms with Crippen molar-refractivity contribution in [3.8, 4) is 11.5 Å². The van der Waals surface area contributed by atoms with Crippen molar-refractivity contribution in [2.24, 2.45) is 7.05 Å². The lowest BCUT2D eigenvalue weighted by molar-refractivity contribution is 0.574. The lowest BCUT2D eigenvalue weighted by Gasteiger charge is -2.08. The molecule has 8 heteroatoms. The number of aromatic nitrogens is 5. The molecule has 0 atom stereocenters. The van der Waals surface area contributed by atoms with Crippen LogP contribution in [0.15, 0.2) is 50.7 Å². The molecule has 0 aliphatic heterocycles. The van der Waals surface area contributed by atoms with Crippen molar-refractivity contribution in [2.45, 2.75) is 26.9 Å². The number of benzene rings is 1. The van der Waals surface area contributed by atoms with Gasteiger partial charge >= 0.3 is 5.69 Å². The van der Waals surface area contributed by atoms with E-state index in [4.69, 9.17) is 4.42 Å². The molecule has 3 aromatic heterocycles. The second kappa shape index (κ2) is 7.38. The number of imidazole rings is 1. The van der Waals surface area contributed by atoms with Crippen LogP contribution in [0.1, 0.15) is 25.2 Å². The monoisotopic (exact) mass is 391 g/mol. The van der Waals surface area contributed by atoms with Crippen molar-refractivity contribution >= 4 is 23.3 Å². The molecule has 0 spiro atoms. The Balaban J connectivity index is 1.75. The summed E-state index contributed by atoms with van der Waals surface area (Å²) in [6.07, 6.45) is 6.89. The molecular formula is C21H21N5O3. The zero-order chi connectivity index (χ0) is 20.5. The summed E-state index contributed by atoms with van der Waals surface area (Å²) in [7, 11) is 1.78. The molecule has 29 heavy (non-hydrogen) atoms. The minimum Gasteiger partial charge on any atom is -0.445 e. The Morgan fingerprint density at radius 3 is 2.38 bits per heavy atom. The van der Waals surface area contributed by atoms with Crippen molar-refractivity contribution in [1.29, 1.82) is 0 Å². The summed E-state index contributed by atoms with van der Waals surface area (Å²) in [5.74, 6) is 1.17. The van der Waals surface area contributed by atoms with Crippen molar-refractivity contribution in [3.05, 3.63) is 69.0 Å². The summed E-state index contributed by atoms with van der Waals surface area (Å²) in [6, 6.07) is 7.75. The Morgan fingerprint density at radius 1 is 1.03 bits per heavy atom. The van der Waals surface area contributed by atoms with Gasteiger partial charge in [0.05, 0.1) is 6.20 Å². The maximum atomic E-state index is 12.8. The van der Waals surface area contributed by atoms with Gasteiger partial charge in [0.15, 0.2) is 11.2 Å². The summed E-state index contributed by atoms with van der Waals surface area (Å²) in [5.41, 5.74) is 2.04. The highest BCUT2D eigenvalue weighted by Crippen LogP contribution is 2.19. The second-order valence-electron chi connectivity index (χ2n) is 6.57. The minimum atomic E-state index is -0.330. The molecule has 1 aromatic carbocycles. The number of fused-ring (bicyclic) bond motifs is 1. The van der Waals surface area contributed by atoms with Gasteiger partial charge in [-0.15, -0.1) is 0 Å². The first-order chi connectivity index (χ1) is 14.0. The molecule has 0 bridgehead atoms. The number of oxazole rings is 1. The van der Waals surface area contributed by atoms with Crippen molar-refractivity contribution in [1.82, 2.24) is 23.7 Å². The van der Waals surface area contributed by atoms with Gasteiger partial charge in [0.2, 0.25) is 5.89 Å².